The number of hydrogen-bond acceptors (Lipinski definition) is 4. The lowest BCUT2D eigenvalue weighted by Gasteiger charge is -1.95. The van der Waals surface area contributed by atoms with Gasteiger partial charge in [0.25, 0.3) is 0 Å². The molecule has 0 amide bonds. The van der Waals surface area contributed by atoms with Crippen molar-refractivity contribution in [2.75, 3.05) is 13.7 Å². The van der Waals surface area contributed by atoms with Crippen LogP contribution >= 0.6 is 0 Å². The van der Waals surface area contributed by atoms with Crippen molar-refractivity contribution in [3.05, 3.63) is 0 Å². The topological polar surface area (TPSA) is 63.6 Å². The molecule has 4 heteroatoms. The molecule has 0 fully saturated rings. The van der Waals surface area contributed by atoms with Gasteiger partial charge in [-0.1, -0.05) is 6.92 Å². The number of hydrogen-bond donors (Lipinski definition) is 1. The highest BCUT2D eigenvalue weighted by Crippen LogP contribution is 1.88. The fourth-order valence-corrected chi connectivity index (χ4v) is 0.403. The van der Waals surface area contributed by atoms with Gasteiger partial charge in [0.05, 0.1) is 0 Å². The minimum Gasteiger partial charge on any atom is -0.458 e. The zero-order valence-corrected chi connectivity index (χ0v) is 6.87. The van der Waals surface area contributed by atoms with E-state index in [1.54, 1.807) is 0 Å². The molecule has 0 aliphatic rings. The molecule has 0 spiro atoms. The molecule has 0 atom stereocenters. The minimum absolute atomic E-state index is 0.112. The molecule has 0 saturated heterocycles. The molecule has 0 aromatic carbocycles. The Morgan fingerprint density at radius 1 is 1.55 bits per heavy atom. The zero-order valence-electron chi connectivity index (χ0n) is 6.87. The molecule has 66 valence electrons. The summed E-state index contributed by atoms with van der Waals surface area (Å²) in [5.74, 6) is -0.301. The average Bonchev–Trinajstić information content (AvgIpc) is 2.05. The largest absolute Gasteiger partial charge is 0.458 e. The maximum Gasteiger partial charge on any atom is 0.306 e. The van der Waals surface area contributed by atoms with Gasteiger partial charge in [-0.05, 0) is 6.42 Å². The summed E-state index contributed by atoms with van der Waals surface area (Å²) in [6.45, 7) is 1.76. The van der Waals surface area contributed by atoms with Gasteiger partial charge in [-0.2, -0.15) is 0 Å². The molecule has 0 aliphatic heterocycles. The molecule has 11 heavy (non-hydrogen) atoms. The van der Waals surface area contributed by atoms with Crippen LogP contribution < -0.4 is 0 Å². The van der Waals surface area contributed by atoms with Gasteiger partial charge >= 0.3 is 5.97 Å². The number of carbonyl (C=O) groups is 2. The fraction of sp³-hybridized carbons (Fsp3) is 0.714. The number of aliphatic hydroxyl groups excluding tert-OH is 1. The van der Waals surface area contributed by atoms with Gasteiger partial charge < -0.3 is 9.84 Å². The first kappa shape index (κ1) is 12.7. The fourth-order valence-electron chi connectivity index (χ4n) is 0.403. The summed E-state index contributed by atoms with van der Waals surface area (Å²) in [5.41, 5.74) is 0. The van der Waals surface area contributed by atoms with Crippen molar-refractivity contribution in [2.24, 2.45) is 0 Å². The van der Waals surface area contributed by atoms with Crippen molar-refractivity contribution in [1.82, 2.24) is 0 Å². The Bertz CT molecular complexity index is 101. The van der Waals surface area contributed by atoms with Crippen molar-refractivity contribution in [2.45, 2.75) is 19.8 Å². The summed E-state index contributed by atoms with van der Waals surface area (Å²) in [4.78, 5) is 20.1. The predicted octanol–water partition coefficient (Wildman–Crippen LogP) is 0.137. The van der Waals surface area contributed by atoms with E-state index in [1.807, 2.05) is 6.92 Å². The molecular weight excluding hydrogens is 148 g/mol. The lowest BCUT2D eigenvalue weighted by molar-refractivity contribution is -0.145. The zero-order chi connectivity index (χ0) is 9.11. The van der Waals surface area contributed by atoms with E-state index in [-0.39, 0.29) is 12.6 Å². The van der Waals surface area contributed by atoms with Crippen molar-refractivity contribution in [1.29, 1.82) is 0 Å². The van der Waals surface area contributed by atoms with E-state index in [0.29, 0.717) is 12.7 Å². The van der Waals surface area contributed by atoms with E-state index in [1.165, 1.54) is 0 Å². The third kappa shape index (κ3) is 12.3. The van der Waals surface area contributed by atoms with Crippen LogP contribution in [0.2, 0.25) is 0 Å². The summed E-state index contributed by atoms with van der Waals surface area (Å²) < 4.78 is 4.42. The molecular formula is C7H14O4. The summed E-state index contributed by atoms with van der Waals surface area (Å²) >= 11 is 0. The Kier molecular flexibility index (Phi) is 13.7. The van der Waals surface area contributed by atoms with E-state index in [0.717, 1.165) is 13.5 Å². The quantitative estimate of drug-likeness (QED) is 0.471. The van der Waals surface area contributed by atoms with Crippen LogP contribution in [0.1, 0.15) is 19.8 Å². The Morgan fingerprint density at radius 2 is 2.09 bits per heavy atom. The third-order valence-electron chi connectivity index (χ3n) is 0.766. The molecule has 0 radical (unpaired) electrons. The van der Waals surface area contributed by atoms with Gasteiger partial charge in [-0.15, -0.1) is 0 Å². The number of esters is 1. The van der Waals surface area contributed by atoms with Crippen LogP contribution in [0.4, 0.5) is 0 Å². The van der Waals surface area contributed by atoms with Crippen LogP contribution in [-0.2, 0) is 14.3 Å². The molecule has 0 aromatic heterocycles. The highest BCUT2D eigenvalue weighted by atomic mass is 16.5. The highest BCUT2D eigenvalue weighted by molar-refractivity contribution is 5.71. The van der Waals surface area contributed by atoms with Crippen LogP contribution in [0.5, 0.6) is 0 Å². The summed E-state index contributed by atoms with van der Waals surface area (Å²) in [6, 6.07) is 0. The standard InChI is InChI=1S/C6H10O3.CH4O/c1-2-3-6(8)9-5-4-7;1-2/h4H,2-3,5H2,1H3;2H,1H3. The van der Waals surface area contributed by atoms with Crippen LogP contribution in [0, 0.1) is 0 Å². The lowest BCUT2D eigenvalue weighted by atomic mass is 10.3. The highest BCUT2D eigenvalue weighted by Gasteiger charge is 1.97. The predicted molar refractivity (Wildman–Crippen MR) is 40.1 cm³/mol. The van der Waals surface area contributed by atoms with Gasteiger partial charge in [-0.3, -0.25) is 9.59 Å². The number of aliphatic hydroxyl groups is 1. The van der Waals surface area contributed by atoms with Gasteiger partial charge in [-0.25, -0.2) is 0 Å². The first-order valence-electron chi connectivity index (χ1n) is 3.35. The van der Waals surface area contributed by atoms with Crippen LogP contribution in [-0.4, -0.2) is 31.1 Å². The Morgan fingerprint density at radius 3 is 2.45 bits per heavy atom. The number of aldehydes is 1. The van der Waals surface area contributed by atoms with Gasteiger partial charge in [0, 0.05) is 13.5 Å². The van der Waals surface area contributed by atoms with Crippen LogP contribution in [0.25, 0.3) is 0 Å². The second-order valence-corrected chi connectivity index (χ2v) is 1.60. The first-order chi connectivity index (χ1) is 5.31. The van der Waals surface area contributed by atoms with E-state index in [4.69, 9.17) is 5.11 Å². The summed E-state index contributed by atoms with van der Waals surface area (Å²) in [6.07, 6.45) is 1.72. The molecule has 0 aliphatic carbocycles. The molecule has 0 rings (SSSR count). The number of ether oxygens (including phenoxy) is 1. The SMILES string of the molecule is CCCC(=O)OCC=O.CO. The Hall–Kier alpha value is -0.900. The van der Waals surface area contributed by atoms with Gasteiger partial charge in [0.2, 0.25) is 0 Å². The van der Waals surface area contributed by atoms with E-state index in [9.17, 15) is 9.59 Å². The molecule has 4 nitrogen and oxygen atoms in total. The van der Waals surface area contributed by atoms with E-state index < -0.39 is 0 Å². The normalized spacial score (nSPS) is 7.55. The molecule has 0 unspecified atom stereocenters. The minimum atomic E-state index is -0.301. The first-order valence-corrected chi connectivity index (χ1v) is 3.35. The molecule has 0 bridgehead atoms. The third-order valence-corrected chi connectivity index (χ3v) is 0.766. The molecule has 0 saturated carbocycles. The maximum absolute atomic E-state index is 10.4. The summed E-state index contributed by atoms with van der Waals surface area (Å²) in [7, 11) is 1.00. The van der Waals surface area contributed by atoms with Crippen molar-refractivity contribution in [3.63, 3.8) is 0 Å². The maximum atomic E-state index is 10.4. The molecule has 1 N–H and O–H groups in total. The molecule has 0 aromatic rings. The number of rotatable bonds is 4. The van der Waals surface area contributed by atoms with Gasteiger partial charge in [0.15, 0.2) is 6.29 Å². The van der Waals surface area contributed by atoms with E-state index >= 15 is 0 Å². The number of carbonyl (C=O) groups excluding carboxylic acids is 2. The second-order valence-electron chi connectivity index (χ2n) is 1.60. The summed E-state index contributed by atoms with van der Waals surface area (Å²) in [5, 5.41) is 7.00. The monoisotopic (exact) mass is 162 g/mol. The second kappa shape index (κ2) is 11.8. The lowest BCUT2D eigenvalue weighted by Crippen LogP contribution is -2.05. The Balaban J connectivity index is 0. The van der Waals surface area contributed by atoms with Crippen molar-refractivity contribution < 1.29 is 19.4 Å². The van der Waals surface area contributed by atoms with Gasteiger partial charge in [0.1, 0.15) is 6.61 Å². The molecule has 0 heterocycles. The average molecular weight is 162 g/mol. The van der Waals surface area contributed by atoms with Crippen LogP contribution in [0.3, 0.4) is 0 Å². The van der Waals surface area contributed by atoms with Crippen molar-refractivity contribution in [3.8, 4) is 0 Å². The van der Waals surface area contributed by atoms with E-state index in [2.05, 4.69) is 4.74 Å². The Labute approximate surface area is 66.2 Å². The smallest absolute Gasteiger partial charge is 0.306 e. The van der Waals surface area contributed by atoms with Crippen LogP contribution in [0.15, 0.2) is 0 Å². The van der Waals surface area contributed by atoms with Crippen molar-refractivity contribution >= 4 is 12.3 Å².